The first-order valence-electron chi connectivity index (χ1n) is 12.1. The Kier molecular flexibility index (Phi) is 6.27. The van der Waals surface area contributed by atoms with Crippen LogP contribution in [0.2, 0.25) is 0 Å². The van der Waals surface area contributed by atoms with Gasteiger partial charge in [-0.15, -0.1) is 0 Å². The molecule has 0 aliphatic heterocycles. The van der Waals surface area contributed by atoms with E-state index in [0.717, 1.165) is 47.5 Å². The maximum atomic E-state index is 14.9. The standard InChI is InChI=1S/C26H30F2N6O/c1-17-3-6-21(7-4-17)31-22-8-10-25-19(11-22)13-34(32-25)18(2)26(35,14-33-16-29-15-30-33)23-9-5-20(27)12-24(23)28/h5,8-13,15-18,21,31,35H,3-4,6-7,14H2,1-2H3/t17?,18-,21?,26-/m1/s1. The van der Waals surface area contributed by atoms with Gasteiger partial charge in [0.15, 0.2) is 0 Å². The molecule has 1 saturated carbocycles. The van der Waals surface area contributed by atoms with Crippen molar-refractivity contribution in [3.05, 3.63) is 72.4 Å². The van der Waals surface area contributed by atoms with Crippen molar-refractivity contribution >= 4 is 16.6 Å². The number of anilines is 1. The number of aromatic nitrogens is 5. The summed E-state index contributed by atoms with van der Waals surface area (Å²) in [7, 11) is 0. The van der Waals surface area contributed by atoms with Gasteiger partial charge in [-0.05, 0) is 62.8 Å². The van der Waals surface area contributed by atoms with Crippen LogP contribution in [0.25, 0.3) is 10.9 Å². The van der Waals surface area contributed by atoms with Crippen LogP contribution in [0.5, 0.6) is 0 Å². The summed E-state index contributed by atoms with van der Waals surface area (Å²) in [5.41, 5.74) is -0.00248. The van der Waals surface area contributed by atoms with Gasteiger partial charge in [0.05, 0.1) is 18.1 Å². The van der Waals surface area contributed by atoms with Crippen LogP contribution in [0.1, 0.15) is 51.1 Å². The molecule has 1 aliphatic carbocycles. The van der Waals surface area contributed by atoms with E-state index in [-0.39, 0.29) is 12.1 Å². The lowest BCUT2D eigenvalue weighted by atomic mass is 9.86. The largest absolute Gasteiger partial charge is 0.382 e. The van der Waals surface area contributed by atoms with E-state index in [1.54, 1.807) is 11.6 Å². The number of nitrogens with one attached hydrogen (secondary N) is 1. The summed E-state index contributed by atoms with van der Waals surface area (Å²) in [6, 6.07) is 8.97. The normalized spacial score (nSPS) is 21.1. The average molecular weight is 481 g/mol. The average Bonchev–Trinajstić information content (AvgIpc) is 3.49. The molecule has 2 heterocycles. The van der Waals surface area contributed by atoms with E-state index in [1.165, 1.54) is 36.2 Å². The lowest BCUT2D eigenvalue weighted by Crippen LogP contribution is -2.40. The summed E-state index contributed by atoms with van der Waals surface area (Å²) in [6.07, 6.45) is 9.43. The molecule has 0 unspecified atom stereocenters. The Morgan fingerprint density at radius 3 is 2.66 bits per heavy atom. The molecule has 184 valence electrons. The molecule has 5 rings (SSSR count). The molecule has 2 aromatic heterocycles. The molecule has 2 aromatic carbocycles. The van der Waals surface area contributed by atoms with Crippen molar-refractivity contribution < 1.29 is 13.9 Å². The van der Waals surface area contributed by atoms with Crippen LogP contribution in [0.3, 0.4) is 0 Å². The Balaban J connectivity index is 1.46. The molecule has 1 fully saturated rings. The van der Waals surface area contributed by atoms with Crippen molar-refractivity contribution in [1.29, 1.82) is 0 Å². The van der Waals surface area contributed by atoms with Crippen LogP contribution < -0.4 is 5.32 Å². The summed E-state index contributed by atoms with van der Waals surface area (Å²) in [5, 5.41) is 25.1. The number of hydrogen-bond acceptors (Lipinski definition) is 5. The van der Waals surface area contributed by atoms with E-state index in [0.29, 0.717) is 6.04 Å². The Bertz CT molecular complexity index is 1300. The van der Waals surface area contributed by atoms with Gasteiger partial charge in [-0.25, -0.2) is 18.4 Å². The third-order valence-electron chi connectivity index (χ3n) is 7.26. The number of rotatable bonds is 7. The smallest absolute Gasteiger partial charge is 0.137 e. The minimum atomic E-state index is -1.77. The van der Waals surface area contributed by atoms with E-state index < -0.39 is 23.3 Å². The van der Waals surface area contributed by atoms with E-state index in [2.05, 4.69) is 33.5 Å². The lowest BCUT2D eigenvalue weighted by molar-refractivity contribution is -0.0366. The van der Waals surface area contributed by atoms with Crippen LogP contribution in [-0.4, -0.2) is 35.7 Å². The molecule has 0 bridgehead atoms. The second-order valence-electron chi connectivity index (χ2n) is 9.80. The molecule has 0 amide bonds. The van der Waals surface area contributed by atoms with Crippen molar-refractivity contribution in [2.45, 2.75) is 63.8 Å². The zero-order chi connectivity index (χ0) is 24.6. The second-order valence-corrected chi connectivity index (χ2v) is 9.80. The zero-order valence-corrected chi connectivity index (χ0v) is 19.9. The fraction of sp³-hybridized carbons (Fsp3) is 0.423. The van der Waals surface area contributed by atoms with Crippen molar-refractivity contribution in [1.82, 2.24) is 24.5 Å². The van der Waals surface area contributed by atoms with E-state index in [9.17, 15) is 13.9 Å². The molecule has 35 heavy (non-hydrogen) atoms. The van der Waals surface area contributed by atoms with Gasteiger partial charge in [-0.2, -0.15) is 10.2 Å². The molecular formula is C26H30F2N6O. The highest BCUT2D eigenvalue weighted by molar-refractivity contribution is 5.82. The van der Waals surface area contributed by atoms with Gasteiger partial charge >= 0.3 is 0 Å². The summed E-state index contributed by atoms with van der Waals surface area (Å²) >= 11 is 0. The summed E-state index contributed by atoms with van der Waals surface area (Å²) < 4.78 is 31.6. The van der Waals surface area contributed by atoms with Crippen molar-refractivity contribution in [2.75, 3.05) is 5.32 Å². The molecule has 0 saturated heterocycles. The van der Waals surface area contributed by atoms with Crippen LogP contribution in [0.15, 0.2) is 55.2 Å². The minimum Gasteiger partial charge on any atom is -0.382 e. The van der Waals surface area contributed by atoms with E-state index in [4.69, 9.17) is 0 Å². The zero-order valence-electron chi connectivity index (χ0n) is 19.9. The Morgan fingerprint density at radius 2 is 1.94 bits per heavy atom. The third-order valence-corrected chi connectivity index (χ3v) is 7.26. The van der Waals surface area contributed by atoms with Crippen molar-refractivity contribution in [3.8, 4) is 0 Å². The number of aliphatic hydroxyl groups is 1. The number of nitrogens with zero attached hydrogens (tertiary/aromatic N) is 5. The summed E-state index contributed by atoms with van der Waals surface area (Å²) in [6.45, 7) is 3.98. The topological polar surface area (TPSA) is 80.8 Å². The van der Waals surface area contributed by atoms with Gasteiger partial charge in [0.25, 0.3) is 0 Å². The molecule has 0 radical (unpaired) electrons. The lowest BCUT2D eigenvalue weighted by Gasteiger charge is -2.34. The third kappa shape index (κ3) is 4.77. The number of benzene rings is 2. The summed E-state index contributed by atoms with van der Waals surface area (Å²) in [4.78, 5) is 3.92. The number of hydrogen-bond donors (Lipinski definition) is 2. The maximum Gasteiger partial charge on any atom is 0.137 e. The number of halogens is 2. The predicted octanol–water partition coefficient (Wildman–Crippen LogP) is 5.05. The van der Waals surface area contributed by atoms with Crippen LogP contribution in [0, 0.1) is 17.6 Å². The maximum absolute atomic E-state index is 14.9. The van der Waals surface area contributed by atoms with Gasteiger partial charge in [0.2, 0.25) is 0 Å². The van der Waals surface area contributed by atoms with Gasteiger partial charge in [0, 0.05) is 34.9 Å². The molecule has 1 aliphatic rings. The Labute approximate surface area is 202 Å². The molecule has 0 spiro atoms. The van der Waals surface area contributed by atoms with E-state index in [1.807, 2.05) is 18.3 Å². The first kappa shape index (κ1) is 23.4. The minimum absolute atomic E-state index is 0.0321. The summed E-state index contributed by atoms with van der Waals surface area (Å²) in [5.74, 6) is -0.749. The molecule has 7 nitrogen and oxygen atoms in total. The molecule has 4 aromatic rings. The molecule has 2 atom stereocenters. The monoisotopic (exact) mass is 480 g/mol. The Morgan fingerprint density at radius 1 is 1.14 bits per heavy atom. The first-order valence-corrected chi connectivity index (χ1v) is 12.1. The van der Waals surface area contributed by atoms with Gasteiger partial charge in [-0.3, -0.25) is 4.68 Å². The SMILES string of the molecule is CC1CCC(Nc2ccc3nn([C@H](C)[C@](O)(Cn4cncn4)c4ccc(F)cc4F)cc3c2)CC1. The highest BCUT2D eigenvalue weighted by Gasteiger charge is 2.41. The van der Waals surface area contributed by atoms with E-state index >= 15 is 0 Å². The van der Waals surface area contributed by atoms with Crippen LogP contribution >= 0.6 is 0 Å². The molecular weight excluding hydrogens is 450 g/mol. The quantitative estimate of drug-likeness (QED) is 0.387. The van der Waals surface area contributed by atoms with Gasteiger partial charge in [0.1, 0.15) is 29.9 Å². The molecule has 2 N–H and O–H groups in total. The second kappa shape index (κ2) is 9.37. The Hall–Kier alpha value is -3.33. The predicted molar refractivity (Wildman–Crippen MR) is 130 cm³/mol. The van der Waals surface area contributed by atoms with Gasteiger partial charge in [-0.1, -0.05) is 13.0 Å². The first-order chi connectivity index (χ1) is 16.8. The highest BCUT2D eigenvalue weighted by Crippen LogP contribution is 2.37. The molecule has 9 heteroatoms. The highest BCUT2D eigenvalue weighted by atomic mass is 19.1. The fourth-order valence-corrected chi connectivity index (χ4v) is 5.04. The van der Waals surface area contributed by atoms with Crippen LogP contribution in [0.4, 0.5) is 14.5 Å². The fourth-order valence-electron chi connectivity index (χ4n) is 5.04. The van der Waals surface area contributed by atoms with Gasteiger partial charge < -0.3 is 10.4 Å². The number of fused-ring (bicyclic) bond motifs is 1. The van der Waals surface area contributed by atoms with Crippen LogP contribution in [-0.2, 0) is 12.1 Å². The van der Waals surface area contributed by atoms with Crippen molar-refractivity contribution in [2.24, 2.45) is 5.92 Å². The van der Waals surface area contributed by atoms with Crippen molar-refractivity contribution in [3.63, 3.8) is 0 Å².